The van der Waals surface area contributed by atoms with Crippen LogP contribution in [0, 0.1) is 0 Å². The molecule has 16 atom stereocenters. The molecular formula is C28H49O15-. The largest absolute Gasteiger partial charge is 0.550 e. The van der Waals surface area contributed by atoms with Crippen LogP contribution < -0.4 is 5.11 Å². The Morgan fingerprint density at radius 2 is 1.37 bits per heavy atom. The highest BCUT2D eigenvalue weighted by Gasteiger charge is 2.49. The average Bonchev–Trinajstić information content (AvgIpc) is 2.95. The number of aliphatic carboxylic acids is 1. The summed E-state index contributed by atoms with van der Waals surface area (Å²) in [4.78, 5) is 11.2. The van der Waals surface area contributed by atoms with Crippen LogP contribution in [-0.2, 0) is 52.2 Å². The maximum Gasteiger partial charge on any atom is 0.187 e. The summed E-state index contributed by atoms with van der Waals surface area (Å²) in [5.41, 5.74) is 0. The lowest BCUT2D eigenvalue weighted by Crippen LogP contribution is -2.61. The van der Waals surface area contributed by atoms with Crippen LogP contribution in [0.3, 0.4) is 0 Å². The summed E-state index contributed by atoms with van der Waals surface area (Å²) in [5.74, 6) is -1.33. The van der Waals surface area contributed by atoms with Gasteiger partial charge in [-0.3, -0.25) is 0 Å². The average molecular weight is 626 g/mol. The standard InChI is InChI=1S/C28H50O15/c1-12(29)24(16(34-5)9-19(30)31)41-20-10-17(35-6)25(14(3)38-20)42-21-11-18(36-7)26(15(4)39-21)43-28-23(33)27(37-8)22(32)13(2)40-28/h12-18,20-29,32-33H,9-11H2,1-8H3,(H,30,31)/p-1/t12-,13-,14-,15-,16+,17+,18-,20+,21+,22-,23-,24-,25-,26-,27-,28+/m1/s1. The monoisotopic (exact) mass is 625 g/mol. The lowest BCUT2D eigenvalue weighted by molar-refractivity contribution is -0.353. The van der Waals surface area contributed by atoms with Gasteiger partial charge in [0.2, 0.25) is 0 Å². The molecule has 43 heavy (non-hydrogen) atoms. The SMILES string of the molecule is CO[C@H]1[C@@H](O)[C@H](O[C@@H]2[C@@H](C)O[C@@H](O[C@H]3[C@@H](OC)C[C@H](O[C@@H]([C@H](CC(=O)[O-])OC)[C@@H](C)O)O[C@@H]3C)C[C@H]2OC)O[C@H](C)[C@H]1O. The Hall–Kier alpha value is -1.05. The summed E-state index contributed by atoms with van der Waals surface area (Å²) < 4.78 is 58.4. The van der Waals surface area contributed by atoms with Gasteiger partial charge in [-0.15, -0.1) is 0 Å². The lowest BCUT2D eigenvalue weighted by atomic mass is 9.98. The molecule has 0 saturated carbocycles. The van der Waals surface area contributed by atoms with Gasteiger partial charge in [0.1, 0.15) is 36.6 Å². The van der Waals surface area contributed by atoms with E-state index in [-0.39, 0.29) is 12.8 Å². The number of carbonyl (C=O) groups is 1. The third kappa shape index (κ3) is 9.03. The first-order valence-electron chi connectivity index (χ1n) is 14.6. The van der Waals surface area contributed by atoms with Crippen LogP contribution in [0.2, 0.25) is 0 Å². The maximum atomic E-state index is 11.2. The fourth-order valence-electron chi connectivity index (χ4n) is 5.93. The molecule has 15 heteroatoms. The number of aliphatic hydroxyl groups is 3. The van der Waals surface area contributed by atoms with Crippen molar-refractivity contribution in [1.29, 1.82) is 0 Å². The first-order valence-corrected chi connectivity index (χ1v) is 14.6. The minimum atomic E-state index is -1.33. The minimum absolute atomic E-state index is 0.222. The number of rotatable bonds is 14. The van der Waals surface area contributed by atoms with Gasteiger partial charge in [0.15, 0.2) is 18.9 Å². The summed E-state index contributed by atoms with van der Waals surface area (Å²) in [5, 5.41) is 42.4. The van der Waals surface area contributed by atoms with Crippen molar-refractivity contribution in [1.82, 2.24) is 0 Å². The summed E-state index contributed by atoms with van der Waals surface area (Å²) in [6.45, 7) is 6.72. The molecule has 3 heterocycles. The zero-order valence-corrected chi connectivity index (χ0v) is 26.1. The smallest absolute Gasteiger partial charge is 0.187 e. The molecule has 0 aromatic rings. The number of methoxy groups -OCH3 is 4. The van der Waals surface area contributed by atoms with Gasteiger partial charge in [-0.05, 0) is 27.7 Å². The van der Waals surface area contributed by atoms with Gasteiger partial charge in [0, 0.05) is 53.7 Å². The first-order chi connectivity index (χ1) is 20.3. The Balaban J connectivity index is 1.63. The number of carbonyl (C=O) groups excluding carboxylic acids is 1. The molecule has 0 aliphatic carbocycles. The predicted molar refractivity (Wildman–Crippen MR) is 143 cm³/mol. The third-order valence-electron chi connectivity index (χ3n) is 8.32. The van der Waals surface area contributed by atoms with Crippen molar-refractivity contribution in [2.75, 3.05) is 28.4 Å². The van der Waals surface area contributed by atoms with Crippen LogP contribution in [0.25, 0.3) is 0 Å². The van der Waals surface area contributed by atoms with Gasteiger partial charge in [-0.1, -0.05) is 0 Å². The van der Waals surface area contributed by atoms with Crippen LogP contribution in [0.4, 0.5) is 0 Å². The molecule has 0 amide bonds. The second-order valence-corrected chi connectivity index (χ2v) is 11.3. The second-order valence-electron chi connectivity index (χ2n) is 11.3. The first kappa shape index (κ1) is 36.4. The van der Waals surface area contributed by atoms with Crippen molar-refractivity contribution in [2.24, 2.45) is 0 Å². The molecule has 3 aliphatic heterocycles. The van der Waals surface area contributed by atoms with Crippen molar-refractivity contribution in [2.45, 2.75) is 145 Å². The molecule has 0 aromatic heterocycles. The highest BCUT2D eigenvalue weighted by Crippen LogP contribution is 2.34. The molecule has 252 valence electrons. The highest BCUT2D eigenvalue weighted by molar-refractivity contribution is 5.65. The van der Waals surface area contributed by atoms with Crippen molar-refractivity contribution in [3.63, 3.8) is 0 Å². The fourth-order valence-corrected chi connectivity index (χ4v) is 5.93. The van der Waals surface area contributed by atoms with E-state index in [1.54, 1.807) is 20.8 Å². The van der Waals surface area contributed by atoms with Crippen molar-refractivity contribution < 1.29 is 72.6 Å². The lowest BCUT2D eigenvalue weighted by Gasteiger charge is -2.47. The summed E-state index contributed by atoms with van der Waals surface area (Å²) >= 11 is 0. The number of carboxylic acids is 1. The van der Waals surface area contributed by atoms with E-state index in [1.807, 2.05) is 0 Å². The van der Waals surface area contributed by atoms with Crippen LogP contribution in [0.5, 0.6) is 0 Å². The molecule has 0 bridgehead atoms. The van der Waals surface area contributed by atoms with Gasteiger partial charge in [-0.25, -0.2) is 0 Å². The van der Waals surface area contributed by atoms with Gasteiger partial charge in [0.25, 0.3) is 0 Å². The zero-order chi connectivity index (χ0) is 32.0. The van der Waals surface area contributed by atoms with E-state index in [0.29, 0.717) is 0 Å². The molecule has 0 radical (unpaired) electrons. The Morgan fingerprint density at radius 1 is 0.814 bits per heavy atom. The normalized spacial score (nSPS) is 42.7. The maximum absolute atomic E-state index is 11.2. The molecule has 3 N–H and O–H groups in total. The van der Waals surface area contributed by atoms with Gasteiger partial charge in [0.05, 0.1) is 42.7 Å². The predicted octanol–water partition coefficient (Wildman–Crippen LogP) is -1.54. The quantitative estimate of drug-likeness (QED) is 0.201. The molecule has 0 spiro atoms. The van der Waals surface area contributed by atoms with Crippen molar-refractivity contribution in [3.8, 4) is 0 Å². The highest BCUT2D eigenvalue weighted by atomic mass is 16.8. The van der Waals surface area contributed by atoms with E-state index in [4.69, 9.17) is 47.4 Å². The van der Waals surface area contributed by atoms with Gasteiger partial charge >= 0.3 is 0 Å². The molecule has 0 aromatic carbocycles. The zero-order valence-electron chi connectivity index (χ0n) is 26.1. The number of aliphatic hydroxyl groups excluding tert-OH is 3. The van der Waals surface area contributed by atoms with Crippen molar-refractivity contribution in [3.05, 3.63) is 0 Å². The molecule has 15 nitrogen and oxygen atoms in total. The molecule has 3 saturated heterocycles. The topological polar surface area (TPSA) is 193 Å². The van der Waals surface area contributed by atoms with Gasteiger partial charge in [-0.2, -0.15) is 0 Å². The van der Waals surface area contributed by atoms with E-state index in [0.717, 1.165) is 0 Å². The number of carboxylic acid groups (broad SMARTS) is 1. The number of hydrogen-bond acceptors (Lipinski definition) is 15. The van der Waals surface area contributed by atoms with Crippen LogP contribution in [0.15, 0.2) is 0 Å². The fraction of sp³-hybridized carbons (Fsp3) is 0.964. The summed E-state index contributed by atoms with van der Waals surface area (Å²) in [6.07, 6.45) is -12.6. The minimum Gasteiger partial charge on any atom is -0.550 e. The number of ether oxygens (including phenoxy) is 10. The van der Waals surface area contributed by atoms with Crippen LogP contribution in [0.1, 0.15) is 47.0 Å². The van der Waals surface area contributed by atoms with E-state index >= 15 is 0 Å². The molecule has 3 fully saturated rings. The van der Waals surface area contributed by atoms with E-state index < -0.39 is 111 Å². The van der Waals surface area contributed by atoms with Crippen molar-refractivity contribution >= 4 is 5.97 Å². The number of hydrogen-bond donors (Lipinski definition) is 3. The molecule has 0 unspecified atom stereocenters. The molecular weight excluding hydrogens is 576 g/mol. The van der Waals surface area contributed by atoms with E-state index in [9.17, 15) is 25.2 Å². The third-order valence-corrected chi connectivity index (χ3v) is 8.32. The Kier molecular flexibility index (Phi) is 14.0. The van der Waals surface area contributed by atoms with E-state index in [1.165, 1.54) is 35.4 Å². The Bertz CT molecular complexity index is 847. The molecule has 3 rings (SSSR count). The van der Waals surface area contributed by atoms with Crippen LogP contribution in [-0.4, -0.2) is 148 Å². The summed E-state index contributed by atoms with van der Waals surface area (Å²) in [6, 6.07) is 0. The van der Waals surface area contributed by atoms with Gasteiger partial charge < -0.3 is 72.6 Å². The van der Waals surface area contributed by atoms with Crippen LogP contribution >= 0.6 is 0 Å². The Morgan fingerprint density at radius 3 is 1.88 bits per heavy atom. The Labute approximate surface area is 252 Å². The molecule has 3 aliphatic rings. The van der Waals surface area contributed by atoms with E-state index in [2.05, 4.69) is 0 Å². The second kappa shape index (κ2) is 16.5. The summed E-state index contributed by atoms with van der Waals surface area (Å²) in [7, 11) is 5.80.